The van der Waals surface area contributed by atoms with E-state index in [1.54, 1.807) is 6.20 Å². The third kappa shape index (κ3) is 2.74. The van der Waals surface area contributed by atoms with Crippen LogP contribution in [0.2, 0.25) is 0 Å². The molecule has 4 heteroatoms. The van der Waals surface area contributed by atoms with Crippen LogP contribution in [0, 0.1) is 0 Å². The molecule has 0 unspecified atom stereocenters. The minimum atomic E-state index is -0.0214. The molecule has 4 nitrogen and oxygen atoms in total. The largest absolute Gasteiger partial charge is 0.334 e. The van der Waals surface area contributed by atoms with Gasteiger partial charge in [-0.2, -0.15) is 0 Å². The van der Waals surface area contributed by atoms with Crippen molar-refractivity contribution < 1.29 is 4.79 Å². The van der Waals surface area contributed by atoms with Crippen LogP contribution in [0.5, 0.6) is 0 Å². The van der Waals surface area contributed by atoms with Crippen molar-refractivity contribution in [2.24, 2.45) is 0 Å². The number of H-pyrrole nitrogens is 1. The van der Waals surface area contributed by atoms with E-state index in [0.29, 0.717) is 18.8 Å². The predicted molar refractivity (Wildman–Crippen MR) is 94.3 cm³/mol. The Hall–Kier alpha value is -3.14. The molecule has 2 heterocycles. The molecule has 1 amide bonds. The normalized spacial score (nSPS) is 13.8. The first kappa shape index (κ1) is 14.5. The lowest BCUT2D eigenvalue weighted by Crippen LogP contribution is -2.29. The number of carbonyl (C=O) groups excluding carboxylic acids is 1. The first-order valence-electron chi connectivity index (χ1n) is 7.95. The number of hydrogen-bond acceptors (Lipinski definition) is 2. The van der Waals surface area contributed by atoms with Crippen LogP contribution < -0.4 is 0 Å². The van der Waals surface area contributed by atoms with Gasteiger partial charge in [0.05, 0.1) is 6.20 Å². The molecule has 0 bridgehead atoms. The lowest BCUT2D eigenvalue weighted by Gasteiger charge is -2.15. The number of carbonyl (C=O) groups is 1. The summed E-state index contributed by atoms with van der Waals surface area (Å²) in [4.78, 5) is 22.0. The second-order valence-corrected chi connectivity index (χ2v) is 5.79. The lowest BCUT2D eigenvalue weighted by atomic mass is 10.1. The van der Waals surface area contributed by atoms with Gasteiger partial charge in [0.2, 0.25) is 0 Å². The molecule has 0 fully saturated rings. The minimum absolute atomic E-state index is 0.0214. The van der Waals surface area contributed by atoms with Gasteiger partial charge in [0.15, 0.2) is 0 Å². The summed E-state index contributed by atoms with van der Waals surface area (Å²) in [5, 5.41) is 0. The average molecular weight is 315 g/mol. The number of hydrogen-bond donors (Lipinski definition) is 1. The van der Waals surface area contributed by atoms with Gasteiger partial charge in [0.25, 0.3) is 5.91 Å². The lowest BCUT2D eigenvalue weighted by molar-refractivity contribution is 0.0796. The Bertz CT molecular complexity index is 882. The van der Waals surface area contributed by atoms with Crippen LogP contribution in [0.25, 0.3) is 17.0 Å². The molecule has 4 rings (SSSR count). The fraction of sp³-hybridized carbons (Fsp3) is 0.100. The number of aromatic nitrogens is 2. The molecule has 1 aromatic heterocycles. The molecule has 0 saturated heterocycles. The third-order valence-electron chi connectivity index (χ3n) is 4.20. The Labute approximate surface area is 140 Å². The Kier molecular flexibility index (Phi) is 3.71. The summed E-state index contributed by atoms with van der Waals surface area (Å²) in [6.45, 7) is 1.26. The van der Waals surface area contributed by atoms with Gasteiger partial charge in [-0.25, -0.2) is 4.98 Å². The molecule has 0 atom stereocenters. The van der Waals surface area contributed by atoms with Crippen molar-refractivity contribution in [1.29, 1.82) is 0 Å². The van der Waals surface area contributed by atoms with E-state index in [4.69, 9.17) is 0 Å². The summed E-state index contributed by atoms with van der Waals surface area (Å²) in [5.74, 6) is 0.696. The van der Waals surface area contributed by atoms with Gasteiger partial charge in [-0.3, -0.25) is 4.79 Å². The first-order valence-corrected chi connectivity index (χ1v) is 7.95. The number of imidazole rings is 1. The van der Waals surface area contributed by atoms with Crippen LogP contribution in [0.1, 0.15) is 16.1 Å². The van der Waals surface area contributed by atoms with Crippen molar-refractivity contribution in [2.45, 2.75) is 0 Å². The molecular formula is C20H17N3O. The molecule has 3 aromatic rings. The number of benzene rings is 2. The summed E-state index contributed by atoms with van der Waals surface area (Å²) >= 11 is 0. The van der Waals surface area contributed by atoms with Crippen LogP contribution in [0.15, 0.2) is 72.9 Å². The standard InChI is InChI=1S/C20H17N3O/c24-20(18-13-21-19(22-18)16-9-5-2-6-10-16)23-12-11-17(14-23)15-7-3-1-4-8-15/h1-11,13H,12,14H2,(H,21,22). The quantitative estimate of drug-likeness (QED) is 0.802. The first-order chi connectivity index (χ1) is 11.8. The van der Waals surface area contributed by atoms with Crippen LogP contribution >= 0.6 is 0 Å². The maximum Gasteiger partial charge on any atom is 0.272 e. The second-order valence-electron chi connectivity index (χ2n) is 5.79. The highest BCUT2D eigenvalue weighted by Crippen LogP contribution is 2.22. The van der Waals surface area contributed by atoms with Gasteiger partial charge in [0, 0.05) is 18.7 Å². The maximum atomic E-state index is 12.7. The number of rotatable bonds is 3. The third-order valence-corrected chi connectivity index (χ3v) is 4.20. The number of nitrogens with one attached hydrogen (secondary N) is 1. The van der Waals surface area contributed by atoms with Gasteiger partial charge in [-0.15, -0.1) is 0 Å². The Morgan fingerprint density at radius 3 is 2.33 bits per heavy atom. The molecule has 0 radical (unpaired) electrons. The van der Waals surface area contributed by atoms with E-state index in [1.807, 2.05) is 53.4 Å². The molecular weight excluding hydrogens is 298 g/mol. The second kappa shape index (κ2) is 6.16. The molecule has 0 spiro atoms. The van der Waals surface area contributed by atoms with Crippen LogP contribution in [-0.4, -0.2) is 33.9 Å². The predicted octanol–water partition coefficient (Wildman–Crippen LogP) is 3.62. The summed E-state index contributed by atoms with van der Waals surface area (Å²) in [5.41, 5.74) is 3.85. The maximum absolute atomic E-state index is 12.7. The molecule has 2 aromatic carbocycles. The highest BCUT2D eigenvalue weighted by Gasteiger charge is 2.23. The van der Waals surface area contributed by atoms with Crippen LogP contribution in [0.4, 0.5) is 0 Å². The summed E-state index contributed by atoms with van der Waals surface area (Å²) in [6.07, 6.45) is 3.73. The van der Waals surface area contributed by atoms with Gasteiger partial charge >= 0.3 is 0 Å². The fourth-order valence-electron chi connectivity index (χ4n) is 2.91. The van der Waals surface area contributed by atoms with Crippen LogP contribution in [0.3, 0.4) is 0 Å². The van der Waals surface area contributed by atoms with E-state index in [0.717, 1.165) is 11.4 Å². The average Bonchev–Trinajstić information content (AvgIpc) is 3.33. The topological polar surface area (TPSA) is 49.0 Å². The molecule has 1 aliphatic rings. The van der Waals surface area contributed by atoms with Crippen molar-refractivity contribution in [2.75, 3.05) is 13.1 Å². The van der Waals surface area contributed by atoms with Gasteiger partial charge in [-0.05, 0) is 11.1 Å². The monoisotopic (exact) mass is 315 g/mol. The zero-order chi connectivity index (χ0) is 16.4. The van der Waals surface area contributed by atoms with E-state index in [1.165, 1.54) is 11.1 Å². The van der Waals surface area contributed by atoms with Gasteiger partial charge in [0.1, 0.15) is 11.5 Å². The number of nitrogens with zero attached hydrogens (tertiary/aromatic N) is 2. The summed E-state index contributed by atoms with van der Waals surface area (Å²) in [7, 11) is 0. The minimum Gasteiger partial charge on any atom is -0.334 e. The molecule has 0 saturated carbocycles. The van der Waals surface area contributed by atoms with E-state index in [2.05, 4.69) is 28.2 Å². The van der Waals surface area contributed by atoms with Gasteiger partial charge in [-0.1, -0.05) is 66.7 Å². The summed E-state index contributed by atoms with van der Waals surface area (Å²) < 4.78 is 0. The van der Waals surface area contributed by atoms with E-state index in [-0.39, 0.29) is 5.91 Å². The Morgan fingerprint density at radius 2 is 1.62 bits per heavy atom. The van der Waals surface area contributed by atoms with E-state index in [9.17, 15) is 4.79 Å². The Balaban J connectivity index is 1.49. The molecule has 1 aliphatic heterocycles. The van der Waals surface area contributed by atoms with Crippen molar-refractivity contribution in [3.05, 3.63) is 84.2 Å². The van der Waals surface area contributed by atoms with E-state index < -0.39 is 0 Å². The fourth-order valence-corrected chi connectivity index (χ4v) is 2.91. The van der Waals surface area contributed by atoms with Gasteiger partial charge < -0.3 is 9.88 Å². The van der Waals surface area contributed by atoms with Crippen LogP contribution in [-0.2, 0) is 0 Å². The highest BCUT2D eigenvalue weighted by molar-refractivity contribution is 5.94. The highest BCUT2D eigenvalue weighted by atomic mass is 16.2. The molecule has 1 N–H and O–H groups in total. The zero-order valence-electron chi connectivity index (χ0n) is 13.1. The zero-order valence-corrected chi connectivity index (χ0v) is 13.1. The van der Waals surface area contributed by atoms with Crippen molar-refractivity contribution in [3.63, 3.8) is 0 Å². The summed E-state index contributed by atoms with van der Waals surface area (Å²) in [6, 6.07) is 20.0. The molecule has 0 aliphatic carbocycles. The van der Waals surface area contributed by atoms with Crippen molar-refractivity contribution in [3.8, 4) is 11.4 Å². The molecule has 24 heavy (non-hydrogen) atoms. The SMILES string of the molecule is O=C(c1cnc(-c2ccccc2)[nH]1)N1CC=C(c2ccccc2)C1. The Morgan fingerprint density at radius 1 is 0.958 bits per heavy atom. The van der Waals surface area contributed by atoms with Crippen molar-refractivity contribution in [1.82, 2.24) is 14.9 Å². The number of aromatic amines is 1. The van der Waals surface area contributed by atoms with E-state index >= 15 is 0 Å². The smallest absolute Gasteiger partial charge is 0.272 e. The number of amides is 1. The molecule has 118 valence electrons. The van der Waals surface area contributed by atoms with Crippen molar-refractivity contribution >= 4 is 11.5 Å².